The molecule has 5 nitrogen and oxygen atoms in total. The number of anilines is 1. The predicted molar refractivity (Wildman–Crippen MR) is 78.0 cm³/mol. The first-order valence-electron chi connectivity index (χ1n) is 5.84. The van der Waals surface area contributed by atoms with Crippen LogP contribution in [-0.4, -0.2) is 10.8 Å². The SMILES string of the molecule is CC(=O)Nc1cccc(Sc2ccc([N+](=O)[O-])cc2)c1. The first-order chi connectivity index (χ1) is 9.54. The van der Waals surface area contributed by atoms with Gasteiger partial charge in [0, 0.05) is 34.5 Å². The van der Waals surface area contributed by atoms with Crippen molar-refractivity contribution in [2.24, 2.45) is 0 Å². The number of nitrogens with zero attached hydrogens (tertiary/aromatic N) is 1. The summed E-state index contributed by atoms with van der Waals surface area (Å²) in [7, 11) is 0. The molecule has 0 radical (unpaired) electrons. The lowest BCUT2D eigenvalue weighted by atomic mass is 10.3. The molecule has 0 aliphatic heterocycles. The Morgan fingerprint density at radius 2 is 1.85 bits per heavy atom. The number of nitro benzene ring substituents is 1. The molecule has 0 saturated heterocycles. The Balaban J connectivity index is 2.13. The first-order valence-corrected chi connectivity index (χ1v) is 6.66. The maximum Gasteiger partial charge on any atom is 0.269 e. The number of hydrogen-bond donors (Lipinski definition) is 1. The van der Waals surface area contributed by atoms with E-state index >= 15 is 0 Å². The van der Waals surface area contributed by atoms with Gasteiger partial charge in [0.2, 0.25) is 5.91 Å². The summed E-state index contributed by atoms with van der Waals surface area (Å²) in [4.78, 5) is 23.0. The molecule has 6 heteroatoms. The zero-order valence-corrected chi connectivity index (χ0v) is 11.5. The molecule has 1 amide bonds. The molecular formula is C14H12N2O3S. The molecule has 0 unspecified atom stereocenters. The van der Waals surface area contributed by atoms with E-state index in [0.717, 1.165) is 15.5 Å². The zero-order valence-electron chi connectivity index (χ0n) is 10.7. The third-order valence-corrected chi connectivity index (χ3v) is 3.44. The van der Waals surface area contributed by atoms with Gasteiger partial charge in [0.15, 0.2) is 0 Å². The van der Waals surface area contributed by atoms with Crippen LogP contribution in [0, 0.1) is 10.1 Å². The topological polar surface area (TPSA) is 72.2 Å². The van der Waals surface area contributed by atoms with Crippen LogP contribution >= 0.6 is 11.8 Å². The lowest BCUT2D eigenvalue weighted by Gasteiger charge is -2.05. The molecule has 20 heavy (non-hydrogen) atoms. The van der Waals surface area contributed by atoms with Crippen molar-refractivity contribution >= 4 is 29.0 Å². The first kappa shape index (κ1) is 14.1. The summed E-state index contributed by atoms with van der Waals surface area (Å²) < 4.78 is 0. The van der Waals surface area contributed by atoms with Crippen molar-refractivity contribution in [2.75, 3.05) is 5.32 Å². The summed E-state index contributed by atoms with van der Waals surface area (Å²) in [6.07, 6.45) is 0. The lowest BCUT2D eigenvalue weighted by molar-refractivity contribution is -0.384. The molecule has 2 rings (SSSR count). The van der Waals surface area contributed by atoms with Gasteiger partial charge in [-0.05, 0) is 30.3 Å². The van der Waals surface area contributed by atoms with E-state index < -0.39 is 4.92 Å². The van der Waals surface area contributed by atoms with Gasteiger partial charge in [0.1, 0.15) is 0 Å². The molecule has 0 aromatic heterocycles. The van der Waals surface area contributed by atoms with Crippen molar-refractivity contribution in [3.8, 4) is 0 Å². The number of nitro groups is 1. The number of nitrogens with one attached hydrogen (secondary N) is 1. The molecule has 0 atom stereocenters. The van der Waals surface area contributed by atoms with Crippen molar-refractivity contribution in [1.29, 1.82) is 0 Å². The normalized spacial score (nSPS) is 10.1. The van der Waals surface area contributed by atoms with Crippen LogP contribution < -0.4 is 5.32 Å². The minimum Gasteiger partial charge on any atom is -0.326 e. The Kier molecular flexibility index (Phi) is 4.37. The smallest absolute Gasteiger partial charge is 0.269 e. The molecule has 102 valence electrons. The second kappa shape index (κ2) is 6.21. The third kappa shape index (κ3) is 3.83. The molecule has 0 aliphatic carbocycles. The van der Waals surface area contributed by atoms with Gasteiger partial charge in [0.05, 0.1) is 4.92 Å². The molecule has 0 bridgehead atoms. The molecule has 0 aliphatic rings. The predicted octanol–water partition coefficient (Wildman–Crippen LogP) is 3.70. The van der Waals surface area contributed by atoms with Crippen LogP contribution in [0.5, 0.6) is 0 Å². The van der Waals surface area contributed by atoms with Crippen molar-refractivity contribution in [2.45, 2.75) is 16.7 Å². The standard InChI is InChI=1S/C14H12N2O3S/c1-10(17)15-11-3-2-4-14(9-11)20-13-7-5-12(6-8-13)16(18)19/h2-9H,1H3,(H,15,17). The quantitative estimate of drug-likeness (QED) is 0.687. The molecule has 1 N–H and O–H groups in total. The minimum atomic E-state index is -0.425. The molecule has 0 saturated carbocycles. The summed E-state index contributed by atoms with van der Waals surface area (Å²) >= 11 is 1.48. The van der Waals surface area contributed by atoms with Crippen LogP contribution in [0.15, 0.2) is 58.3 Å². The van der Waals surface area contributed by atoms with Crippen LogP contribution in [-0.2, 0) is 4.79 Å². The number of non-ortho nitro benzene ring substituents is 1. The highest BCUT2D eigenvalue weighted by Crippen LogP contribution is 2.30. The van der Waals surface area contributed by atoms with Crippen LogP contribution in [0.25, 0.3) is 0 Å². The van der Waals surface area contributed by atoms with Gasteiger partial charge in [-0.3, -0.25) is 14.9 Å². The highest BCUT2D eigenvalue weighted by molar-refractivity contribution is 7.99. The van der Waals surface area contributed by atoms with E-state index in [0.29, 0.717) is 0 Å². The second-order valence-electron chi connectivity index (χ2n) is 4.06. The van der Waals surface area contributed by atoms with E-state index in [2.05, 4.69) is 5.32 Å². The van der Waals surface area contributed by atoms with Gasteiger partial charge in [-0.1, -0.05) is 17.8 Å². The Labute approximate surface area is 120 Å². The largest absolute Gasteiger partial charge is 0.326 e. The number of hydrogen-bond acceptors (Lipinski definition) is 4. The Hall–Kier alpha value is -2.34. The highest BCUT2D eigenvalue weighted by Gasteiger charge is 2.05. The number of carbonyl (C=O) groups excluding carboxylic acids is 1. The van der Waals surface area contributed by atoms with Gasteiger partial charge in [-0.25, -0.2) is 0 Å². The average Bonchev–Trinajstić information content (AvgIpc) is 2.39. The maximum absolute atomic E-state index is 11.0. The maximum atomic E-state index is 11.0. The van der Waals surface area contributed by atoms with Crippen LogP contribution in [0.2, 0.25) is 0 Å². The molecule has 2 aromatic carbocycles. The van der Waals surface area contributed by atoms with Crippen LogP contribution in [0.1, 0.15) is 6.92 Å². The Bertz CT molecular complexity index is 641. The van der Waals surface area contributed by atoms with Crippen LogP contribution in [0.3, 0.4) is 0 Å². The summed E-state index contributed by atoms with van der Waals surface area (Å²) in [5.74, 6) is -0.123. The lowest BCUT2D eigenvalue weighted by Crippen LogP contribution is -2.05. The number of carbonyl (C=O) groups is 1. The number of benzene rings is 2. The van der Waals surface area contributed by atoms with E-state index in [1.54, 1.807) is 18.2 Å². The Morgan fingerprint density at radius 1 is 1.15 bits per heavy atom. The van der Waals surface area contributed by atoms with E-state index in [4.69, 9.17) is 0 Å². The van der Waals surface area contributed by atoms with Crippen molar-refractivity contribution in [3.05, 3.63) is 58.6 Å². The summed E-state index contributed by atoms with van der Waals surface area (Å²) in [6.45, 7) is 1.45. The highest BCUT2D eigenvalue weighted by atomic mass is 32.2. The van der Waals surface area contributed by atoms with Gasteiger partial charge >= 0.3 is 0 Å². The van der Waals surface area contributed by atoms with Gasteiger partial charge in [-0.15, -0.1) is 0 Å². The average molecular weight is 288 g/mol. The van der Waals surface area contributed by atoms with Crippen molar-refractivity contribution in [1.82, 2.24) is 0 Å². The fourth-order valence-electron chi connectivity index (χ4n) is 1.61. The minimum absolute atomic E-state index is 0.0707. The third-order valence-electron chi connectivity index (χ3n) is 2.44. The van der Waals surface area contributed by atoms with Gasteiger partial charge in [0.25, 0.3) is 5.69 Å². The summed E-state index contributed by atoms with van der Waals surface area (Å²) in [6, 6.07) is 13.8. The number of rotatable bonds is 4. The van der Waals surface area contributed by atoms with Crippen LogP contribution in [0.4, 0.5) is 11.4 Å². The van der Waals surface area contributed by atoms with E-state index in [9.17, 15) is 14.9 Å². The Morgan fingerprint density at radius 3 is 2.45 bits per heavy atom. The van der Waals surface area contributed by atoms with Gasteiger partial charge < -0.3 is 5.32 Å². The number of amides is 1. The molecule has 0 fully saturated rings. The molecular weight excluding hydrogens is 276 g/mol. The molecule has 0 spiro atoms. The van der Waals surface area contributed by atoms with Crippen molar-refractivity contribution in [3.63, 3.8) is 0 Å². The van der Waals surface area contributed by atoms with E-state index in [-0.39, 0.29) is 11.6 Å². The zero-order chi connectivity index (χ0) is 14.5. The molecule has 0 heterocycles. The second-order valence-corrected chi connectivity index (χ2v) is 5.21. The fourth-order valence-corrected chi connectivity index (χ4v) is 2.49. The van der Waals surface area contributed by atoms with E-state index in [1.165, 1.54) is 30.8 Å². The summed E-state index contributed by atoms with van der Waals surface area (Å²) in [5.41, 5.74) is 0.797. The van der Waals surface area contributed by atoms with Crippen molar-refractivity contribution < 1.29 is 9.72 Å². The molecule has 2 aromatic rings. The fraction of sp³-hybridized carbons (Fsp3) is 0.0714. The summed E-state index contributed by atoms with van der Waals surface area (Å²) in [5, 5.41) is 13.3. The van der Waals surface area contributed by atoms with Gasteiger partial charge in [-0.2, -0.15) is 0 Å². The monoisotopic (exact) mass is 288 g/mol. The van der Waals surface area contributed by atoms with E-state index in [1.807, 2.05) is 18.2 Å².